The SMILES string of the molecule is CCCNC(=O)CNC(=O)COC(=O)Cc1ccc(Br)cc1. The van der Waals surface area contributed by atoms with E-state index in [9.17, 15) is 14.4 Å². The number of nitrogens with one attached hydrogen (secondary N) is 2. The predicted octanol–water partition coefficient (Wildman–Crippen LogP) is 1.18. The topological polar surface area (TPSA) is 84.5 Å². The number of amides is 2. The van der Waals surface area contributed by atoms with Gasteiger partial charge in [0.2, 0.25) is 5.91 Å². The van der Waals surface area contributed by atoms with Crippen molar-refractivity contribution >= 4 is 33.7 Å². The van der Waals surface area contributed by atoms with E-state index >= 15 is 0 Å². The minimum atomic E-state index is -0.504. The molecular weight excluding hydrogens is 352 g/mol. The van der Waals surface area contributed by atoms with Crippen LogP contribution >= 0.6 is 15.9 Å². The molecule has 6 nitrogen and oxygen atoms in total. The van der Waals surface area contributed by atoms with E-state index in [0.29, 0.717) is 6.54 Å². The Morgan fingerprint density at radius 3 is 2.41 bits per heavy atom. The molecule has 0 fully saturated rings. The smallest absolute Gasteiger partial charge is 0.310 e. The first-order chi connectivity index (χ1) is 10.5. The van der Waals surface area contributed by atoms with Crippen molar-refractivity contribution in [2.45, 2.75) is 19.8 Å². The first kappa shape index (κ1) is 18.2. The molecule has 0 radical (unpaired) electrons. The van der Waals surface area contributed by atoms with Crippen molar-refractivity contribution in [3.63, 3.8) is 0 Å². The highest BCUT2D eigenvalue weighted by molar-refractivity contribution is 9.10. The van der Waals surface area contributed by atoms with E-state index in [-0.39, 0.29) is 18.9 Å². The van der Waals surface area contributed by atoms with Crippen molar-refractivity contribution in [1.82, 2.24) is 10.6 Å². The first-order valence-corrected chi connectivity index (χ1v) is 7.74. The zero-order valence-electron chi connectivity index (χ0n) is 12.4. The summed E-state index contributed by atoms with van der Waals surface area (Å²) in [5.41, 5.74) is 0.799. The van der Waals surface area contributed by atoms with E-state index in [1.807, 2.05) is 19.1 Å². The van der Waals surface area contributed by atoms with E-state index in [2.05, 4.69) is 26.6 Å². The Balaban J connectivity index is 2.21. The van der Waals surface area contributed by atoms with Crippen LogP contribution in [0.3, 0.4) is 0 Å². The largest absolute Gasteiger partial charge is 0.455 e. The number of hydrogen-bond acceptors (Lipinski definition) is 4. The van der Waals surface area contributed by atoms with Crippen molar-refractivity contribution in [1.29, 1.82) is 0 Å². The molecule has 2 N–H and O–H groups in total. The Labute approximate surface area is 137 Å². The molecule has 1 aromatic carbocycles. The highest BCUT2D eigenvalue weighted by atomic mass is 79.9. The number of rotatable bonds is 8. The number of hydrogen-bond donors (Lipinski definition) is 2. The van der Waals surface area contributed by atoms with Crippen LogP contribution in [0.25, 0.3) is 0 Å². The molecule has 0 bridgehead atoms. The third kappa shape index (κ3) is 7.78. The highest BCUT2D eigenvalue weighted by Crippen LogP contribution is 2.11. The first-order valence-electron chi connectivity index (χ1n) is 6.94. The number of carbonyl (C=O) groups excluding carboxylic acids is 3. The third-order valence-electron chi connectivity index (χ3n) is 2.64. The van der Waals surface area contributed by atoms with E-state index < -0.39 is 18.5 Å². The van der Waals surface area contributed by atoms with Gasteiger partial charge in [-0.15, -0.1) is 0 Å². The Morgan fingerprint density at radius 1 is 1.09 bits per heavy atom. The summed E-state index contributed by atoms with van der Waals surface area (Å²) in [6, 6.07) is 7.24. The zero-order valence-corrected chi connectivity index (χ0v) is 13.9. The standard InChI is InChI=1S/C15H19BrN2O4/c1-2-7-17-13(19)9-18-14(20)10-22-15(21)8-11-3-5-12(16)6-4-11/h3-6H,2,7-10H2,1H3,(H,17,19)(H,18,20). The summed E-state index contributed by atoms with van der Waals surface area (Å²) >= 11 is 3.30. The summed E-state index contributed by atoms with van der Waals surface area (Å²) in [5, 5.41) is 5.01. The fourth-order valence-corrected chi connectivity index (χ4v) is 1.79. The van der Waals surface area contributed by atoms with Gasteiger partial charge in [0, 0.05) is 11.0 Å². The van der Waals surface area contributed by atoms with Crippen LogP contribution in [0.2, 0.25) is 0 Å². The minimum Gasteiger partial charge on any atom is -0.455 e. The fourth-order valence-electron chi connectivity index (χ4n) is 1.52. The molecule has 0 aliphatic carbocycles. The quantitative estimate of drug-likeness (QED) is 0.672. The van der Waals surface area contributed by atoms with Crippen LogP contribution in [0.4, 0.5) is 0 Å². The number of esters is 1. The molecule has 120 valence electrons. The van der Waals surface area contributed by atoms with Crippen molar-refractivity contribution in [3.8, 4) is 0 Å². The van der Waals surface area contributed by atoms with Gasteiger partial charge in [-0.25, -0.2) is 0 Å². The number of halogens is 1. The maximum absolute atomic E-state index is 11.6. The molecule has 0 heterocycles. The molecule has 0 aromatic heterocycles. The highest BCUT2D eigenvalue weighted by Gasteiger charge is 2.09. The van der Waals surface area contributed by atoms with E-state index in [1.165, 1.54) is 0 Å². The molecule has 0 aliphatic heterocycles. The third-order valence-corrected chi connectivity index (χ3v) is 3.17. The molecule has 0 atom stereocenters. The average Bonchev–Trinajstić information content (AvgIpc) is 2.51. The number of carbonyl (C=O) groups is 3. The second-order valence-electron chi connectivity index (χ2n) is 4.59. The average molecular weight is 371 g/mol. The van der Waals surface area contributed by atoms with Gasteiger partial charge >= 0.3 is 5.97 Å². The maximum atomic E-state index is 11.6. The molecule has 1 rings (SSSR count). The number of benzene rings is 1. The van der Waals surface area contributed by atoms with Crippen molar-refractivity contribution in [2.75, 3.05) is 19.7 Å². The van der Waals surface area contributed by atoms with Crippen LogP contribution in [-0.4, -0.2) is 37.5 Å². The molecular formula is C15H19BrN2O4. The zero-order chi connectivity index (χ0) is 16.4. The van der Waals surface area contributed by atoms with Crippen LogP contribution in [0.1, 0.15) is 18.9 Å². The molecule has 22 heavy (non-hydrogen) atoms. The second-order valence-corrected chi connectivity index (χ2v) is 5.51. The molecule has 0 spiro atoms. The van der Waals surface area contributed by atoms with Crippen LogP contribution in [0, 0.1) is 0 Å². The molecule has 0 aliphatic rings. The summed E-state index contributed by atoms with van der Waals surface area (Å²) in [6.07, 6.45) is 0.922. The minimum absolute atomic E-state index is 0.0948. The lowest BCUT2D eigenvalue weighted by Gasteiger charge is -2.07. The Hall–Kier alpha value is -1.89. The van der Waals surface area contributed by atoms with Gasteiger partial charge in [0.25, 0.3) is 5.91 Å². The monoisotopic (exact) mass is 370 g/mol. The van der Waals surface area contributed by atoms with Gasteiger partial charge in [-0.1, -0.05) is 35.0 Å². The van der Waals surface area contributed by atoms with Gasteiger partial charge < -0.3 is 15.4 Å². The van der Waals surface area contributed by atoms with Crippen LogP contribution in [0.15, 0.2) is 28.7 Å². The van der Waals surface area contributed by atoms with E-state index in [4.69, 9.17) is 4.74 Å². The van der Waals surface area contributed by atoms with Crippen LogP contribution in [-0.2, 0) is 25.5 Å². The Morgan fingerprint density at radius 2 is 1.77 bits per heavy atom. The van der Waals surface area contributed by atoms with Crippen LogP contribution in [0.5, 0.6) is 0 Å². The fraction of sp³-hybridized carbons (Fsp3) is 0.400. The van der Waals surface area contributed by atoms with Crippen molar-refractivity contribution in [3.05, 3.63) is 34.3 Å². The molecule has 7 heteroatoms. The van der Waals surface area contributed by atoms with Crippen molar-refractivity contribution < 1.29 is 19.1 Å². The lowest BCUT2D eigenvalue weighted by atomic mass is 10.2. The Bertz CT molecular complexity index is 517. The summed E-state index contributed by atoms with van der Waals surface area (Å²) < 4.78 is 5.78. The molecule has 0 saturated carbocycles. The van der Waals surface area contributed by atoms with Gasteiger partial charge in [0.1, 0.15) is 0 Å². The molecule has 0 unspecified atom stereocenters. The van der Waals surface area contributed by atoms with Gasteiger partial charge in [-0.3, -0.25) is 14.4 Å². The molecule has 1 aromatic rings. The maximum Gasteiger partial charge on any atom is 0.310 e. The van der Waals surface area contributed by atoms with E-state index in [0.717, 1.165) is 16.5 Å². The van der Waals surface area contributed by atoms with Gasteiger partial charge in [0.05, 0.1) is 13.0 Å². The number of ether oxygens (including phenoxy) is 1. The lowest BCUT2D eigenvalue weighted by Crippen LogP contribution is -2.39. The van der Waals surface area contributed by atoms with E-state index in [1.54, 1.807) is 12.1 Å². The molecule has 0 saturated heterocycles. The lowest BCUT2D eigenvalue weighted by molar-refractivity contribution is -0.147. The summed E-state index contributed by atoms with van der Waals surface area (Å²) in [7, 11) is 0. The molecule has 2 amide bonds. The Kier molecular flexibility index (Phi) is 8.21. The van der Waals surface area contributed by atoms with Crippen LogP contribution < -0.4 is 10.6 Å². The summed E-state index contributed by atoms with van der Waals surface area (Å²) in [6.45, 7) is 1.99. The normalized spacial score (nSPS) is 9.91. The van der Waals surface area contributed by atoms with Gasteiger partial charge in [-0.05, 0) is 24.1 Å². The van der Waals surface area contributed by atoms with Gasteiger partial charge in [0.15, 0.2) is 6.61 Å². The summed E-state index contributed by atoms with van der Waals surface area (Å²) in [4.78, 5) is 34.3. The predicted molar refractivity (Wildman–Crippen MR) is 85.1 cm³/mol. The van der Waals surface area contributed by atoms with Crippen molar-refractivity contribution in [2.24, 2.45) is 0 Å². The van der Waals surface area contributed by atoms with Gasteiger partial charge in [-0.2, -0.15) is 0 Å². The summed E-state index contributed by atoms with van der Waals surface area (Å²) in [5.74, 6) is -1.26. The second kappa shape index (κ2) is 9.94.